The van der Waals surface area contributed by atoms with E-state index in [9.17, 15) is 5.11 Å². The second-order valence-corrected chi connectivity index (χ2v) is 7.24. The average Bonchev–Trinajstić information content (AvgIpc) is 2.82. The molecule has 1 aliphatic rings. The Morgan fingerprint density at radius 2 is 1.30 bits per heavy atom. The van der Waals surface area contributed by atoms with E-state index in [1.54, 1.807) is 0 Å². The van der Waals surface area contributed by atoms with Crippen LogP contribution in [0.25, 0.3) is 10.4 Å². The number of azide groups is 1. The highest BCUT2D eigenvalue weighted by Crippen LogP contribution is 2.42. The minimum Gasteiger partial charge on any atom is -0.390 e. The number of ether oxygens (including phenoxy) is 2. The van der Waals surface area contributed by atoms with Crippen molar-refractivity contribution >= 4 is 0 Å². The summed E-state index contributed by atoms with van der Waals surface area (Å²) in [6.45, 7) is 0.368. The van der Waals surface area contributed by atoms with E-state index in [0.29, 0.717) is 0 Å². The second kappa shape index (κ2) is 9.11. The highest BCUT2D eigenvalue weighted by atomic mass is 16.6. The molecule has 3 aromatic carbocycles. The first-order valence-corrected chi connectivity index (χ1v) is 9.90. The van der Waals surface area contributed by atoms with Gasteiger partial charge in [0.05, 0.1) is 25.4 Å². The van der Waals surface area contributed by atoms with Crippen LogP contribution in [0.4, 0.5) is 0 Å². The lowest BCUT2D eigenvalue weighted by molar-refractivity contribution is -0.164. The second-order valence-electron chi connectivity index (χ2n) is 7.24. The van der Waals surface area contributed by atoms with Crippen LogP contribution < -0.4 is 0 Å². The van der Waals surface area contributed by atoms with Gasteiger partial charge < -0.3 is 14.6 Å². The van der Waals surface area contributed by atoms with Crippen LogP contribution in [0.2, 0.25) is 0 Å². The van der Waals surface area contributed by atoms with Crippen LogP contribution in [0.1, 0.15) is 16.7 Å². The van der Waals surface area contributed by atoms with Crippen molar-refractivity contribution in [3.63, 3.8) is 0 Å². The molecule has 0 spiro atoms. The summed E-state index contributed by atoms with van der Waals surface area (Å²) >= 11 is 0. The Morgan fingerprint density at radius 3 is 1.73 bits per heavy atom. The van der Waals surface area contributed by atoms with Gasteiger partial charge >= 0.3 is 0 Å². The number of hydrogen-bond donors (Lipinski definition) is 1. The summed E-state index contributed by atoms with van der Waals surface area (Å²) in [5.41, 5.74) is 10.7. The summed E-state index contributed by atoms with van der Waals surface area (Å²) in [6.07, 6.45) is -1.67. The molecule has 1 N–H and O–H groups in total. The van der Waals surface area contributed by atoms with Crippen molar-refractivity contribution in [1.82, 2.24) is 0 Å². The normalized spacial score (nSPS) is 21.6. The van der Waals surface area contributed by atoms with Gasteiger partial charge in [-0.2, -0.15) is 0 Å². The molecule has 0 aromatic heterocycles. The molecule has 0 radical (unpaired) electrons. The molecule has 6 nitrogen and oxygen atoms in total. The minimum absolute atomic E-state index is 0.167. The third-order valence-corrected chi connectivity index (χ3v) is 5.41. The van der Waals surface area contributed by atoms with Crippen LogP contribution in [-0.2, 0) is 15.1 Å². The number of rotatable bonds is 6. The molecule has 3 aromatic rings. The van der Waals surface area contributed by atoms with Gasteiger partial charge in [0.15, 0.2) is 0 Å². The Hall–Kier alpha value is -3.15. The topological polar surface area (TPSA) is 87.5 Å². The van der Waals surface area contributed by atoms with Gasteiger partial charge in [-0.25, -0.2) is 0 Å². The third-order valence-electron chi connectivity index (χ3n) is 5.41. The van der Waals surface area contributed by atoms with Gasteiger partial charge in [0.25, 0.3) is 0 Å². The zero-order chi connectivity index (χ0) is 20.8. The smallest absolute Gasteiger partial charge is 0.144 e. The number of aliphatic hydroxyl groups excluding tert-OH is 1. The average molecular weight is 401 g/mol. The lowest BCUT2D eigenvalue weighted by Gasteiger charge is -2.42. The van der Waals surface area contributed by atoms with Crippen LogP contribution >= 0.6 is 0 Å². The zero-order valence-electron chi connectivity index (χ0n) is 16.4. The fourth-order valence-corrected chi connectivity index (χ4v) is 3.97. The summed E-state index contributed by atoms with van der Waals surface area (Å²) in [7, 11) is 0. The van der Waals surface area contributed by atoms with E-state index in [1.165, 1.54) is 0 Å². The molecule has 3 atom stereocenters. The largest absolute Gasteiger partial charge is 0.390 e. The molecule has 4 rings (SSSR count). The molecule has 6 heteroatoms. The molecule has 1 unspecified atom stereocenters. The Kier molecular flexibility index (Phi) is 6.12. The Labute approximate surface area is 175 Å². The van der Waals surface area contributed by atoms with Crippen molar-refractivity contribution in [3.05, 3.63) is 118 Å². The van der Waals surface area contributed by atoms with E-state index < -0.39 is 23.9 Å². The molecule has 30 heavy (non-hydrogen) atoms. The minimum atomic E-state index is -0.981. The van der Waals surface area contributed by atoms with E-state index in [4.69, 9.17) is 15.0 Å². The van der Waals surface area contributed by atoms with Gasteiger partial charge in [-0.1, -0.05) is 96.1 Å². The van der Waals surface area contributed by atoms with Crippen LogP contribution in [0.5, 0.6) is 0 Å². The van der Waals surface area contributed by atoms with Crippen LogP contribution in [0.3, 0.4) is 0 Å². The van der Waals surface area contributed by atoms with Gasteiger partial charge in [0.1, 0.15) is 11.7 Å². The van der Waals surface area contributed by atoms with Gasteiger partial charge in [0, 0.05) is 4.91 Å². The Morgan fingerprint density at radius 1 is 0.833 bits per heavy atom. The molecule has 0 amide bonds. The van der Waals surface area contributed by atoms with E-state index in [-0.39, 0.29) is 13.2 Å². The van der Waals surface area contributed by atoms with Gasteiger partial charge in [0.2, 0.25) is 0 Å². The third kappa shape index (κ3) is 3.82. The highest BCUT2D eigenvalue weighted by Gasteiger charge is 2.44. The predicted molar refractivity (Wildman–Crippen MR) is 114 cm³/mol. The maximum atomic E-state index is 10.9. The molecule has 0 aliphatic carbocycles. The standard InChI is InChI=1S/C24H23N3O3/c25-27-26-21-16-29-17-22(23(21)28)30-24(18-10-4-1-5-11-18,19-12-6-2-7-13-19)20-14-8-3-9-15-20/h1-15,21-23,28H,16-17H2/t21?,22-,23+/m0/s1. The van der Waals surface area contributed by atoms with E-state index >= 15 is 0 Å². The molecule has 1 saturated heterocycles. The first-order valence-electron chi connectivity index (χ1n) is 9.90. The van der Waals surface area contributed by atoms with Crippen molar-refractivity contribution in [3.8, 4) is 0 Å². The predicted octanol–water partition coefficient (Wildman–Crippen LogP) is 4.43. The van der Waals surface area contributed by atoms with Crippen LogP contribution in [-0.4, -0.2) is 36.6 Å². The van der Waals surface area contributed by atoms with Gasteiger partial charge in [-0.15, -0.1) is 0 Å². The first kappa shape index (κ1) is 20.1. The molecule has 1 heterocycles. The van der Waals surface area contributed by atoms with Crippen molar-refractivity contribution in [2.24, 2.45) is 5.11 Å². The Bertz CT molecular complexity index is 895. The highest BCUT2D eigenvalue weighted by molar-refractivity contribution is 5.47. The molecular weight excluding hydrogens is 378 g/mol. The summed E-state index contributed by atoms with van der Waals surface area (Å²) in [5, 5.41) is 14.6. The first-order chi connectivity index (χ1) is 14.8. The summed E-state index contributed by atoms with van der Waals surface area (Å²) in [6, 6.07) is 29.1. The van der Waals surface area contributed by atoms with Crippen molar-refractivity contribution in [2.75, 3.05) is 13.2 Å². The lowest BCUT2D eigenvalue weighted by Crippen LogP contribution is -2.51. The van der Waals surface area contributed by atoms with E-state index in [0.717, 1.165) is 16.7 Å². The monoisotopic (exact) mass is 401 g/mol. The molecule has 1 fully saturated rings. The van der Waals surface area contributed by atoms with Crippen molar-refractivity contribution in [1.29, 1.82) is 0 Å². The maximum Gasteiger partial charge on any atom is 0.144 e. The van der Waals surface area contributed by atoms with Crippen LogP contribution in [0, 0.1) is 0 Å². The quantitative estimate of drug-likeness (QED) is 0.287. The van der Waals surface area contributed by atoms with Crippen LogP contribution in [0.15, 0.2) is 96.1 Å². The Balaban J connectivity index is 1.88. The van der Waals surface area contributed by atoms with E-state index in [2.05, 4.69) is 10.0 Å². The summed E-state index contributed by atoms with van der Waals surface area (Å²) in [4.78, 5) is 2.84. The number of hydrogen-bond acceptors (Lipinski definition) is 4. The molecular formula is C24H23N3O3. The van der Waals surface area contributed by atoms with E-state index in [1.807, 2.05) is 91.0 Å². The summed E-state index contributed by atoms with van der Waals surface area (Å²) < 4.78 is 12.4. The fourth-order valence-electron chi connectivity index (χ4n) is 3.97. The number of nitrogens with zero attached hydrogens (tertiary/aromatic N) is 3. The number of benzene rings is 3. The zero-order valence-corrected chi connectivity index (χ0v) is 16.4. The lowest BCUT2D eigenvalue weighted by atomic mass is 9.79. The molecule has 152 valence electrons. The van der Waals surface area contributed by atoms with Gasteiger partial charge in [-0.3, -0.25) is 0 Å². The summed E-state index contributed by atoms with van der Waals surface area (Å²) in [5.74, 6) is 0. The SMILES string of the molecule is [N-]=[N+]=NC1COC[C@H](OC(c2ccccc2)(c2ccccc2)c2ccccc2)[C@@H]1O. The van der Waals surface area contributed by atoms with Crippen molar-refractivity contribution in [2.45, 2.75) is 23.9 Å². The molecule has 0 saturated carbocycles. The fraction of sp³-hybridized carbons (Fsp3) is 0.250. The van der Waals surface area contributed by atoms with Crippen molar-refractivity contribution < 1.29 is 14.6 Å². The molecule has 1 aliphatic heterocycles. The molecule has 0 bridgehead atoms. The van der Waals surface area contributed by atoms with Gasteiger partial charge in [-0.05, 0) is 22.2 Å². The maximum absolute atomic E-state index is 10.9. The number of aliphatic hydroxyl groups is 1.